The first kappa shape index (κ1) is 35.6. The summed E-state index contributed by atoms with van der Waals surface area (Å²) < 4.78 is 13.3. The first-order chi connectivity index (χ1) is 27.8. The van der Waals surface area contributed by atoms with Crippen molar-refractivity contribution in [2.75, 3.05) is 9.80 Å². The van der Waals surface area contributed by atoms with Crippen LogP contribution >= 0.6 is 0 Å². The molecule has 4 heteroatoms. The Hall–Kier alpha value is -7.04. The van der Waals surface area contributed by atoms with Gasteiger partial charge in [0.1, 0.15) is 22.3 Å². The van der Waals surface area contributed by atoms with Gasteiger partial charge in [-0.2, -0.15) is 0 Å². The van der Waals surface area contributed by atoms with Crippen LogP contribution in [-0.2, 0) is 5.41 Å². The van der Waals surface area contributed by atoms with Crippen LogP contribution in [0.25, 0.3) is 56.0 Å². The number of benzene rings is 6. The van der Waals surface area contributed by atoms with Gasteiger partial charge >= 0.3 is 0 Å². The van der Waals surface area contributed by atoms with Crippen molar-refractivity contribution in [3.8, 4) is 0 Å². The normalized spacial score (nSPS) is 14.1. The first-order valence-corrected chi connectivity index (χ1v) is 19.5. The molecule has 1 aliphatic carbocycles. The van der Waals surface area contributed by atoms with Gasteiger partial charge in [-0.25, -0.2) is 0 Å². The monoisotopic (exact) mass is 740 g/mol. The Morgan fingerprint density at radius 1 is 0.649 bits per heavy atom. The van der Waals surface area contributed by atoms with Crippen molar-refractivity contribution in [1.82, 2.24) is 0 Å². The number of rotatable bonds is 9. The summed E-state index contributed by atoms with van der Waals surface area (Å²) in [6, 6.07) is 44.5. The number of furan rings is 2. The Morgan fingerprint density at radius 2 is 1.28 bits per heavy atom. The van der Waals surface area contributed by atoms with E-state index in [4.69, 9.17) is 8.83 Å². The zero-order valence-corrected chi connectivity index (χ0v) is 32.8. The summed E-state index contributed by atoms with van der Waals surface area (Å²) in [7, 11) is 0. The molecule has 278 valence electrons. The number of allylic oxidation sites excluding steroid dienone is 6. The van der Waals surface area contributed by atoms with Crippen molar-refractivity contribution < 1.29 is 8.83 Å². The molecule has 9 rings (SSSR count). The van der Waals surface area contributed by atoms with Crippen LogP contribution in [0.4, 0.5) is 17.1 Å². The van der Waals surface area contributed by atoms with Crippen molar-refractivity contribution in [3.05, 3.63) is 210 Å². The first-order valence-electron chi connectivity index (χ1n) is 19.5. The van der Waals surface area contributed by atoms with E-state index in [0.717, 1.165) is 94.7 Å². The molecule has 0 N–H and O–H groups in total. The van der Waals surface area contributed by atoms with Gasteiger partial charge in [0, 0.05) is 44.2 Å². The summed E-state index contributed by atoms with van der Waals surface area (Å²) in [5.74, 6) is 0. The Bertz CT molecular complexity index is 2950. The van der Waals surface area contributed by atoms with Gasteiger partial charge in [-0.05, 0) is 103 Å². The maximum atomic E-state index is 6.96. The fourth-order valence-corrected chi connectivity index (χ4v) is 8.62. The van der Waals surface area contributed by atoms with Crippen LogP contribution in [0.15, 0.2) is 197 Å². The second-order valence-electron chi connectivity index (χ2n) is 15.0. The molecule has 8 aromatic rings. The van der Waals surface area contributed by atoms with E-state index in [2.05, 4.69) is 178 Å². The highest BCUT2D eigenvalue weighted by Crippen LogP contribution is 2.50. The van der Waals surface area contributed by atoms with Gasteiger partial charge in [-0.1, -0.05) is 124 Å². The number of fused-ring (bicyclic) bond motifs is 9. The Balaban J connectivity index is 1.39. The molecule has 0 bridgehead atoms. The molecule has 0 atom stereocenters. The molecule has 6 aromatic carbocycles. The SMILES string of the molecule is C=C/C=C(\C)N(C(/C=C\C)=C(/C=C)N(c1ccccc1)c1ccccc1)c1cc2c(c3oc4ccccc4c13)C=Cc1cc3oc4ccccc4c3cc1C2(C)C. The maximum Gasteiger partial charge on any atom is 0.145 e. The van der Waals surface area contributed by atoms with E-state index in [1.165, 1.54) is 5.56 Å². The lowest BCUT2D eigenvalue weighted by atomic mass is 9.74. The summed E-state index contributed by atoms with van der Waals surface area (Å²) in [5.41, 5.74) is 13.4. The third kappa shape index (κ3) is 5.84. The van der Waals surface area contributed by atoms with Crippen molar-refractivity contribution >= 4 is 73.1 Å². The summed E-state index contributed by atoms with van der Waals surface area (Å²) in [6.45, 7) is 17.5. The number of hydrogen-bond donors (Lipinski definition) is 0. The quantitative estimate of drug-likeness (QED) is 0.138. The third-order valence-corrected chi connectivity index (χ3v) is 11.2. The fraction of sp³-hybridized carbons (Fsp3) is 0.0943. The second kappa shape index (κ2) is 14.2. The van der Waals surface area contributed by atoms with E-state index in [-0.39, 0.29) is 0 Å². The van der Waals surface area contributed by atoms with Crippen LogP contribution in [0.2, 0.25) is 0 Å². The van der Waals surface area contributed by atoms with Crippen LogP contribution in [0.1, 0.15) is 49.9 Å². The van der Waals surface area contributed by atoms with Crippen LogP contribution in [-0.4, -0.2) is 0 Å². The molecule has 0 amide bonds. The minimum Gasteiger partial charge on any atom is -0.456 e. The van der Waals surface area contributed by atoms with E-state index in [9.17, 15) is 0 Å². The lowest BCUT2D eigenvalue weighted by Gasteiger charge is -2.35. The topological polar surface area (TPSA) is 32.8 Å². The van der Waals surface area contributed by atoms with Gasteiger partial charge in [0.15, 0.2) is 0 Å². The molecule has 57 heavy (non-hydrogen) atoms. The molecule has 0 fully saturated rings. The van der Waals surface area contributed by atoms with Crippen molar-refractivity contribution in [2.24, 2.45) is 0 Å². The molecule has 0 saturated heterocycles. The molecule has 0 radical (unpaired) electrons. The smallest absolute Gasteiger partial charge is 0.145 e. The van der Waals surface area contributed by atoms with Gasteiger partial charge in [-0.3, -0.25) is 0 Å². The minimum atomic E-state index is -0.448. The number of anilines is 3. The Labute approximate surface area is 333 Å². The largest absolute Gasteiger partial charge is 0.456 e. The van der Waals surface area contributed by atoms with E-state index in [1.807, 2.05) is 42.5 Å². The molecule has 4 nitrogen and oxygen atoms in total. The van der Waals surface area contributed by atoms with Gasteiger partial charge < -0.3 is 18.6 Å². The highest BCUT2D eigenvalue weighted by molar-refractivity contribution is 6.16. The second-order valence-corrected chi connectivity index (χ2v) is 15.0. The summed E-state index contributed by atoms with van der Waals surface area (Å²) in [5, 5.41) is 4.30. The fourth-order valence-electron chi connectivity index (χ4n) is 8.62. The standard InChI is InChI=1S/C53H44N2O2/c1-7-20-35(4)54(46(21-8-2)45(9-3)55(37-22-12-10-13-23-37)38-24-14-11-15-25-38)47-34-44-40(52-51(47)41-27-17-19-29-49(41)57-52)31-30-36-32-50-42(33-43(36)53(44,5)6)39-26-16-18-28-48(39)56-50/h7-34H,1,3H2,2,4-6H3/b21-8-,35-20+,46-45-. The Kier molecular flexibility index (Phi) is 8.90. The number of hydrogen-bond acceptors (Lipinski definition) is 4. The predicted octanol–water partition coefficient (Wildman–Crippen LogP) is 15.0. The van der Waals surface area contributed by atoms with Gasteiger partial charge in [0.05, 0.1) is 22.5 Å². The molecular formula is C53H44N2O2. The van der Waals surface area contributed by atoms with Crippen LogP contribution in [0.3, 0.4) is 0 Å². The number of nitrogens with zero attached hydrogens (tertiary/aromatic N) is 2. The van der Waals surface area contributed by atoms with E-state index < -0.39 is 5.41 Å². The summed E-state index contributed by atoms with van der Waals surface area (Å²) >= 11 is 0. The lowest BCUT2D eigenvalue weighted by Crippen LogP contribution is -2.27. The number of para-hydroxylation sites is 4. The lowest BCUT2D eigenvalue weighted by molar-refractivity contribution is 0.630. The van der Waals surface area contributed by atoms with E-state index >= 15 is 0 Å². The summed E-state index contributed by atoms with van der Waals surface area (Å²) in [4.78, 5) is 4.62. The van der Waals surface area contributed by atoms with Crippen molar-refractivity contribution in [3.63, 3.8) is 0 Å². The molecular weight excluding hydrogens is 697 g/mol. The molecule has 0 unspecified atom stereocenters. The van der Waals surface area contributed by atoms with Crippen molar-refractivity contribution in [1.29, 1.82) is 0 Å². The van der Waals surface area contributed by atoms with Gasteiger partial charge in [0.2, 0.25) is 0 Å². The molecule has 2 aromatic heterocycles. The van der Waals surface area contributed by atoms with E-state index in [0.29, 0.717) is 0 Å². The van der Waals surface area contributed by atoms with Crippen LogP contribution in [0.5, 0.6) is 0 Å². The zero-order chi connectivity index (χ0) is 39.3. The van der Waals surface area contributed by atoms with E-state index in [1.54, 1.807) is 0 Å². The molecule has 1 aliphatic rings. The summed E-state index contributed by atoms with van der Waals surface area (Å²) in [6.07, 6.45) is 14.6. The van der Waals surface area contributed by atoms with Gasteiger partial charge in [0.25, 0.3) is 0 Å². The minimum absolute atomic E-state index is 0.448. The van der Waals surface area contributed by atoms with Crippen LogP contribution in [0, 0.1) is 0 Å². The zero-order valence-electron chi connectivity index (χ0n) is 32.8. The third-order valence-electron chi connectivity index (χ3n) is 11.2. The average molecular weight is 741 g/mol. The van der Waals surface area contributed by atoms with Gasteiger partial charge in [-0.15, -0.1) is 0 Å². The maximum absolute atomic E-state index is 6.96. The predicted molar refractivity (Wildman–Crippen MR) is 242 cm³/mol. The Morgan fingerprint density at radius 3 is 1.93 bits per heavy atom. The molecule has 0 saturated carbocycles. The highest BCUT2D eigenvalue weighted by Gasteiger charge is 2.35. The van der Waals surface area contributed by atoms with Crippen LogP contribution < -0.4 is 9.80 Å². The average Bonchev–Trinajstić information content (AvgIpc) is 3.78. The van der Waals surface area contributed by atoms with Crippen molar-refractivity contribution in [2.45, 2.75) is 33.1 Å². The molecule has 0 aliphatic heterocycles. The molecule has 0 spiro atoms. The molecule has 2 heterocycles. The highest BCUT2D eigenvalue weighted by atomic mass is 16.3.